The number of carbonyl (C=O) groups is 3. The third kappa shape index (κ3) is 16.2. The predicted molar refractivity (Wildman–Crippen MR) is 234 cm³/mol. The summed E-state index contributed by atoms with van der Waals surface area (Å²) in [5, 5.41) is 15.1. The van der Waals surface area contributed by atoms with Crippen molar-refractivity contribution >= 4 is 39.4 Å². The van der Waals surface area contributed by atoms with Gasteiger partial charge in [0.2, 0.25) is 22.7 Å². The molecule has 0 aliphatic carbocycles. The maximum Gasteiger partial charge on any atom is 0.405 e. The van der Waals surface area contributed by atoms with Crippen LogP contribution in [-0.4, -0.2) is 105 Å². The van der Waals surface area contributed by atoms with Crippen LogP contribution in [0.5, 0.6) is 17.2 Å². The number of benzene rings is 2. The molecule has 3 aromatic rings. The number of nitrogens with two attached hydrogens (primary N) is 2. The van der Waals surface area contributed by atoms with Crippen LogP contribution in [0.15, 0.2) is 52.7 Å². The van der Waals surface area contributed by atoms with Gasteiger partial charge in [-0.3, -0.25) is 10.5 Å². The second-order valence-electron chi connectivity index (χ2n) is 15.1. The van der Waals surface area contributed by atoms with Crippen LogP contribution in [0.3, 0.4) is 0 Å². The van der Waals surface area contributed by atoms with Crippen molar-refractivity contribution < 1.29 is 61.1 Å². The van der Waals surface area contributed by atoms with Crippen LogP contribution >= 0.6 is 11.3 Å². The van der Waals surface area contributed by atoms with Crippen LogP contribution in [0, 0.1) is 12.8 Å². The van der Waals surface area contributed by atoms with Crippen molar-refractivity contribution in [3.05, 3.63) is 64.1 Å². The number of aryl methyl sites for hydroxylation is 1. The van der Waals surface area contributed by atoms with E-state index in [0.29, 0.717) is 42.4 Å². The van der Waals surface area contributed by atoms with Crippen LogP contribution in [0.4, 0.5) is 4.79 Å². The van der Waals surface area contributed by atoms with Gasteiger partial charge in [0.1, 0.15) is 18.5 Å². The number of esters is 2. The Kier molecular flexibility index (Phi) is 20.8. The number of unbranched alkanes of at least 4 members (excludes halogenated alkanes) is 2. The number of hydrogen-bond acceptors (Lipinski definition) is 16. The lowest BCUT2D eigenvalue weighted by Crippen LogP contribution is -2.52. The number of nitrogens with one attached hydrogen (secondary N) is 1. The van der Waals surface area contributed by atoms with Crippen LogP contribution in [0.25, 0.3) is 0 Å². The van der Waals surface area contributed by atoms with Crippen LogP contribution in [0.1, 0.15) is 88.4 Å². The third-order valence-corrected chi connectivity index (χ3v) is 12.6. The zero-order valence-electron chi connectivity index (χ0n) is 36.6. The molecular weight excluding hydrogens is 859 g/mol. The van der Waals surface area contributed by atoms with Crippen molar-refractivity contribution in [2.45, 2.75) is 115 Å². The minimum atomic E-state index is -4.21. The molecule has 0 spiro atoms. The first-order valence-corrected chi connectivity index (χ1v) is 23.7. The number of hydrogen-bond donors (Lipinski definition) is 4. The summed E-state index contributed by atoms with van der Waals surface area (Å²) in [5.74, 6) is -0.588. The molecule has 1 aromatic heterocycles. The van der Waals surface area contributed by atoms with Crippen molar-refractivity contribution in [3.8, 4) is 17.2 Å². The van der Waals surface area contributed by atoms with E-state index in [-0.39, 0.29) is 43.4 Å². The van der Waals surface area contributed by atoms with E-state index < -0.39 is 59.3 Å². The summed E-state index contributed by atoms with van der Waals surface area (Å²) in [6.45, 7) is 9.06. The fraction of sp³-hybridized carbons (Fsp3) is 0.581. The highest BCUT2D eigenvalue weighted by Gasteiger charge is 2.46. The summed E-state index contributed by atoms with van der Waals surface area (Å²) >= 11 is 1.52. The van der Waals surface area contributed by atoms with Gasteiger partial charge in [-0.05, 0) is 81.8 Å². The van der Waals surface area contributed by atoms with Crippen molar-refractivity contribution in [3.63, 3.8) is 0 Å². The fourth-order valence-corrected chi connectivity index (χ4v) is 8.94. The molecule has 3 aliphatic rings. The van der Waals surface area contributed by atoms with E-state index in [2.05, 4.69) is 24.1 Å². The molecule has 0 radical (unpaired) electrons. The normalized spacial score (nSPS) is 18.2. The average Bonchev–Trinajstić information content (AvgIpc) is 4.06. The molecule has 18 nitrogen and oxygen atoms in total. The number of thiazole rings is 1. The summed E-state index contributed by atoms with van der Waals surface area (Å²) < 4.78 is 66.9. The number of ether oxygens (including phenoxy) is 7. The predicted octanol–water partition coefficient (Wildman–Crippen LogP) is 5.48. The second-order valence-corrected chi connectivity index (χ2v) is 18.1. The smallest absolute Gasteiger partial charge is 0.405 e. The molecule has 63 heavy (non-hydrogen) atoms. The highest BCUT2D eigenvalue weighted by Crippen LogP contribution is 2.37. The Morgan fingerprint density at radius 3 is 2.33 bits per heavy atom. The zero-order chi connectivity index (χ0) is 45.8. The lowest BCUT2D eigenvalue weighted by molar-refractivity contribution is -0.191. The Morgan fingerprint density at radius 1 is 1.02 bits per heavy atom. The SMILES string of the molecule is CCC.CCCN(C[C@@H](OC(=O)COC(=O)CCCCCN)[C@H](Cc1ccc(OCc2csc(C)n2)cc1)NC(=O)O)S(=O)(=O)c1ccc2c(c1)OCO2.NC12OCCC1CCO2. The molecule has 0 bridgehead atoms. The number of amides is 1. The molecule has 6 N–H and O–H groups in total. The Bertz CT molecular complexity index is 1990. The van der Waals surface area contributed by atoms with Gasteiger partial charge in [-0.15, -0.1) is 11.3 Å². The minimum absolute atomic E-state index is 0.0147. The number of fused-ring (bicyclic) bond motifs is 2. The molecule has 2 atom stereocenters. The quantitative estimate of drug-likeness (QED) is 0.0762. The number of carbonyl (C=O) groups excluding carboxylic acids is 2. The Morgan fingerprint density at radius 2 is 1.71 bits per heavy atom. The van der Waals surface area contributed by atoms with Crippen LogP contribution < -0.4 is 31.0 Å². The van der Waals surface area contributed by atoms with E-state index in [4.69, 9.17) is 44.6 Å². The third-order valence-electron chi connectivity index (χ3n) is 9.90. The van der Waals surface area contributed by atoms with Crippen molar-refractivity contribution in [1.29, 1.82) is 0 Å². The van der Waals surface area contributed by atoms with Gasteiger partial charge in [0.05, 0.1) is 41.4 Å². The molecule has 2 fully saturated rings. The first-order valence-electron chi connectivity index (χ1n) is 21.3. The summed E-state index contributed by atoms with van der Waals surface area (Å²) in [4.78, 5) is 41.7. The van der Waals surface area contributed by atoms with E-state index in [0.717, 1.165) is 53.9 Å². The Balaban J connectivity index is 0.000000623. The number of aromatic nitrogens is 1. The average molecular weight is 922 g/mol. The van der Waals surface area contributed by atoms with Gasteiger partial charge >= 0.3 is 18.0 Å². The molecule has 0 saturated carbocycles. The lowest BCUT2D eigenvalue weighted by atomic mass is 10.0. The summed E-state index contributed by atoms with van der Waals surface area (Å²) in [7, 11) is -4.21. The lowest BCUT2D eigenvalue weighted by Gasteiger charge is -2.32. The summed E-state index contributed by atoms with van der Waals surface area (Å²) in [6, 6.07) is 10.00. The Hall–Kier alpha value is -4.57. The van der Waals surface area contributed by atoms with Gasteiger partial charge in [-0.1, -0.05) is 45.7 Å². The molecule has 0 unspecified atom stereocenters. The monoisotopic (exact) mass is 921 g/mol. The van der Waals surface area contributed by atoms with Gasteiger partial charge in [0.25, 0.3) is 0 Å². The number of sulfonamides is 1. The molecular formula is C43H63N5O13S2. The van der Waals surface area contributed by atoms with Crippen LogP contribution in [0.2, 0.25) is 0 Å². The molecule has 350 valence electrons. The maximum absolute atomic E-state index is 14.0. The van der Waals surface area contributed by atoms with Gasteiger partial charge in [-0.2, -0.15) is 4.31 Å². The van der Waals surface area contributed by atoms with E-state index in [9.17, 15) is 27.9 Å². The standard InChI is InChI=1S/C34H44N4O11S2.C6H11NO2.C3H8/c1-3-15-38(51(43,44)27-12-13-29-30(17-27)48-22-47-29)18-31(49-33(40)20-46-32(39)7-5-4-6-14-35)28(37-34(41)42)16-24-8-10-26(11-9-24)45-19-25-21-50-23(2)36-25;7-6-5(1-3-8-6)2-4-9-6;1-3-2/h8-13,17,21,28,31,37H,3-7,14-16,18-20,22,35H2,1-2H3,(H,41,42);5H,1-4,7H2;3H2,1-2H3/t28-,31+;;/m0../s1. The summed E-state index contributed by atoms with van der Waals surface area (Å²) in [5.41, 5.74) is 12.7. The molecule has 20 heteroatoms. The first kappa shape index (κ1) is 51.1. The number of carboxylic acid groups (broad SMARTS) is 1. The van der Waals surface area contributed by atoms with Gasteiger partial charge in [0, 0.05) is 30.3 Å². The largest absolute Gasteiger partial charge is 0.487 e. The molecule has 4 heterocycles. The molecule has 2 saturated heterocycles. The second kappa shape index (κ2) is 25.7. The van der Waals surface area contributed by atoms with Gasteiger partial charge in [-0.25, -0.2) is 23.0 Å². The van der Waals surface area contributed by atoms with Gasteiger partial charge < -0.3 is 49.3 Å². The van der Waals surface area contributed by atoms with Crippen molar-refractivity contribution in [2.75, 3.05) is 46.2 Å². The number of nitrogens with zero attached hydrogens (tertiary/aromatic N) is 2. The molecule has 3 aliphatic heterocycles. The van der Waals surface area contributed by atoms with E-state index in [1.54, 1.807) is 31.2 Å². The fourth-order valence-electron chi connectivity index (χ4n) is 6.78. The van der Waals surface area contributed by atoms with Gasteiger partial charge in [0.15, 0.2) is 18.1 Å². The topological polar surface area (TPSA) is 250 Å². The number of rotatable bonds is 21. The highest BCUT2D eigenvalue weighted by molar-refractivity contribution is 7.89. The Labute approximate surface area is 373 Å². The molecule has 2 aromatic carbocycles. The van der Waals surface area contributed by atoms with Crippen molar-refractivity contribution in [1.82, 2.24) is 14.6 Å². The van der Waals surface area contributed by atoms with E-state index in [1.165, 1.54) is 36.0 Å². The van der Waals surface area contributed by atoms with E-state index >= 15 is 0 Å². The van der Waals surface area contributed by atoms with Crippen LogP contribution in [-0.2, 0) is 51.6 Å². The molecule has 1 amide bonds. The summed E-state index contributed by atoms with van der Waals surface area (Å²) in [6.07, 6.45) is 3.14. The first-order chi connectivity index (χ1) is 30.2. The van der Waals surface area contributed by atoms with Crippen molar-refractivity contribution in [2.24, 2.45) is 17.4 Å². The minimum Gasteiger partial charge on any atom is -0.487 e. The highest BCUT2D eigenvalue weighted by atomic mass is 32.2. The maximum atomic E-state index is 14.0. The zero-order valence-corrected chi connectivity index (χ0v) is 38.2. The molecule has 6 rings (SSSR count). The van der Waals surface area contributed by atoms with E-state index in [1.807, 2.05) is 12.3 Å².